The predicted molar refractivity (Wildman–Crippen MR) is 43.8 cm³/mol. The minimum Gasteiger partial charge on any atom is -0.748 e. The molecule has 5 nitrogen and oxygen atoms in total. The molecule has 0 fully saturated rings. The molecule has 7 heteroatoms. The molecule has 0 bridgehead atoms. The number of ether oxygens (including phenoxy) is 1. The second-order valence-corrected chi connectivity index (χ2v) is 3.50. The zero-order valence-corrected chi connectivity index (χ0v) is 10.5. The maximum absolute atomic E-state index is 10.0. The Morgan fingerprint density at radius 3 is 2.38 bits per heavy atom. The van der Waals surface area contributed by atoms with E-state index in [1.807, 2.05) is 0 Å². The van der Waals surface area contributed by atoms with Crippen LogP contribution in [0.5, 0.6) is 0 Å². The fourth-order valence-corrected chi connectivity index (χ4v) is 0.976. The Hall–Kier alpha value is 0.570. The molecule has 0 amide bonds. The zero-order chi connectivity index (χ0) is 8.74. The summed E-state index contributed by atoms with van der Waals surface area (Å²) in [5.74, 6) is -0.357. The third-order valence-corrected chi connectivity index (χ3v) is 1.71. The van der Waals surface area contributed by atoms with Gasteiger partial charge in [-0.1, -0.05) is 6.08 Å². The van der Waals surface area contributed by atoms with Crippen LogP contribution >= 0.6 is 0 Å². The Bertz CT molecular complexity index is 201. The maximum atomic E-state index is 10.0. The molecule has 0 radical (unpaired) electrons. The summed E-state index contributed by atoms with van der Waals surface area (Å²) in [6.45, 7) is 4.08. The SMILES string of the molecule is C=CCOCCCS(=O)(=O)[O-].O.[Na+]. The van der Waals surface area contributed by atoms with Crippen molar-refractivity contribution in [1.29, 1.82) is 0 Å². The van der Waals surface area contributed by atoms with Crippen molar-refractivity contribution in [3.8, 4) is 0 Å². The fraction of sp³-hybridized carbons (Fsp3) is 0.667. The van der Waals surface area contributed by atoms with E-state index < -0.39 is 10.1 Å². The molecule has 0 aliphatic rings. The van der Waals surface area contributed by atoms with E-state index in [1.165, 1.54) is 0 Å². The second kappa shape index (κ2) is 10.6. The van der Waals surface area contributed by atoms with Gasteiger partial charge in [0.2, 0.25) is 0 Å². The molecule has 0 aromatic rings. The third-order valence-electron chi connectivity index (χ3n) is 0.919. The summed E-state index contributed by atoms with van der Waals surface area (Å²) in [4.78, 5) is 0. The van der Waals surface area contributed by atoms with Crippen LogP contribution in [0, 0.1) is 0 Å². The van der Waals surface area contributed by atoms with Crippen molar-refractivity contribution in [2.24, 2.45) is 0 Å². The topological polar surface area (TPSA) is 97.9 Å². The first-order valence-corrected chi connectivity index (χ1v) is 4.76. The molecule has 0 aromatic heterocycles. The summed E-state index contributed by atoms with van der Waals surface area (Å²) in [6, 6.07) is 0. The van der Waals surface area contributed by atoms with Crippen LogP contribution in [0.2, 0.25) is 0 Å². The molecular weight excluding hydrogens is 207 g/mol. The van der Waals surface area contributed by atoms with Gasteiger partial charge in [-0.2, -0.15) is 0 Å². The van der Waals surface area contributed by atoms with Gasteiger partial charge in [0.1, 0.15) is 0 Å². The van der Waals surface area contributed by atoms with Crippen molar-refractivity contribution in [2.75, 3.05) is 19.0 Å². The molecule has 0 rings (SSSR count). The molecule has 2 N–H and O–H groups in total. The van der Waals surface area contributed by atoms with E-state index in [2.05, 4.69) is 6.58 Å². The van der Waals surface area contributed by atoms with Crippen molar-refractivity contribution in [1.82, 2.24) is 0 Å². The average molecular weight is 220 g/mol. The minimum atomic E-state index is -4.07. The van der Waals surface area contributed by atoms with Gasteiger partial charge in [0, 0.05) is 12.4 Å². The van der Waals surface area contributed by atoms with E-state index in [0.717, 1.165) is 0 Å². The smallest absolute Gasteiger partial charge is 0.748 e. The third kappa shape index (κ3) is 19.1. The average Bonchev–Trinajstić information content (AvgIpc) is 1.85. The Kier molecular flexibility index (Phi) is 15.7. The molecule has 0 unspecified atom stereocenters. The van der Waals surface area contributed by atoms with Crippen LogP contribution in [0.1, 0.15) is 6.42 Å². The minimum absolute atomic E-state index is 0. The van der Waals surface area contributed by atoms with Crippen LogP contribution in [0.4, 0.5) is 0 Å². The summed E-state index contributed by atoms with van der Waals surface area (Å²) in [5, 5.41) is 0. The van der Waals surface area contributed by atoms with Gasteiger partial charge in [0.15, 0.2) is 0 Å². The van der Waals surface area contributed by atoms with E-state index in [0.29, 0.717) is 6.61 Å². The van der Waals surface area contributed by atoms with Gasteiger partial charge in [-0.25, -0.2) is 8.42 Å². The molecule has 0 saturated heterocycles. The predicted octanol–water partition coefficient (Wildman–Crippen LogP) is -3.70. The van der Waals surface area contributed by atoms with Crippen molar-refractivity contribution < 1.29 is 52.7 Å². The second-order valence-electron chi connectivity index (χ2n) is 1.98. The first-order chi connectivity index (χ1) is 5.06. The largest absolute Gasteiger partial charge is 1.00 e. The molecule has 13 heavy (non-hydrogen) atoms. The molecule has 0 aromatic carbocycles. The summed E-state index contributed by atoms with van der Waals surface area (Å²) in [6.07, 6.45) is 1.81. The quantitative estimate of drug-likeness (QED) is 0.199. The van der Waals surface area contributed by atoms with Crippen LogP contribution in [-0.4, -0.2) is 37.4 Å². The normalized spacial score (nSPS) is 9.62. The van der Waals surface area contributed by atoms with Gasteiger partial charge in [-0.15, -0.1) is 6.58 Å². The number of hydrogen-bond donors (Lipinski definition) is 0. The van der Waals surface area contributed by atoms with Crippen LogP contribution in [0.15, 0.2) is 12.7 Å². The molecule has 74 valence electrons. The van der Waals surface area contributed by atoms with E-state index in [-0.39, 0.29) is 53.8 Å². The molecule has 0 spiro atoms. The Labute approximate surface area is 101 Å². The van der Waals surface area contributed by atoms with E-state index >= 15 is 0 Å². The summed E-state index contributed by atoms with van der Waals surface area (Å²) in [7, 11) is -4.07. The first kappa shape index (κ1) is 19.2. The zero-order valence-electron chi connectivity index (χ0n) is 7.65. The Morgan fingerprint density at radius 1 is 1.46 bits per heavy atom. The van der Waals surface area contributed by atoms with Gasteiger partial charge in [0.25, 0.3) is 0 Å². The van der Waals surface area contributed by atoms with Crippen LogP contribution in [-0.2, 0) is 14.9 Å². The van der Waals surface area contributed by atoms with Gasteiger partial charge >= 0.3 is 29.6 Å². The van der Waals surface area contributed by atoms with Gasteiger partial charge in [0.05, 0.1) is 16.7 Å². The van der Waals surface area contributed by atoms with Gasteiger partial charge < -0.3 is 14.8 Å². The maximum Gasteiger partial charge on any atom is 1.00 e. The fourth-order valence-electron chi connectivity index (χ4n) is 0.504. The summed E-state index contributed by atoms with van der Waals surface area (Å²) < 4.78 is 35.0. The molecule has 0 heterocycles. The number of hydrogen-bond acceptors (Lipinski definition) is 4. The van der Waals surface area contributed by atoms with E-state index in [9.17, 15) is 13.0 Å². The molecule has 0 aliphatic carbocycles. The molecule has 0 saturated carbocycles. The van der Waals surface area contributed by atoms with Crippen molar-refractivity contribution in [3.63, 3.8) is 0 Å². The van der Waals surface area contributed by atoms with Gasteiger partial charge in [-0.05, 0) is 6.42 Å². The number of rotatable bonds is 6. The van der Waals surface area contributed by atoms with Crippen molar-refractivity contribution in [2.45, 2.75) is 6.42 Å². The van der Waals surface area contributed by atoms with Crippen molar-refractivity contribution >= 4 is 10.1 Å². The van der Waals surface area contributed by atoms with E-state index in [4.69, 9.17) is 4.74 Å². The standard InChI is InChI=1S/C6H12O4S.Na.H2O/c1-2-4-10-5-3-6-11(7,8)9;;/h2H,1,3-6H2,(H,7,8,9);;1H2/q;+1;/p-1. The molecular formula is C6H13NaO5S. The first-order valence-electron chi connectivity index (χ1n) is 3.18. The monoisotopic (exact) mass is 220 g/mol. The van der Waals surface area contributed by atoms with Gasteiger partial charge in [-0.3, -0.25) is 0 Å². The van der Waals surface area contributed by atoms with Crippen molar-refractivity contribution in [3.05, 3.63) is 12.7 Å². The Morgan fingerprint density at radius 2 is 2.00 bits per heavy atom. The molecule has 0 atom stereocenters. The summed E-state index contributed by atoms with van der Waals surface area (Å²) in [5.41, 5.74) is 0. The van der Waals surface area contributed by atoms with Crippen LogP contribution in [0.3, 0.4) is 0 Å². The van der Waals surface area contributed by atoms with Crippen LogP contribution in [0.25, 0.3) is 0 Å². The Balaban J connectivity index is -0.000000500. The van der Waals surface area contributed by atoms with E-state index in [1.54, 1.807) is 6.08 Å². The molecule has 0 aliphatic heterocycles. The summed E-state index contributed by atoms with van der Waals surface area (Å²) >= 11 is 0. The van der Waals surface area contributed by atoms with Crippen LogP contribution < -0.4 is 29.6 Å².